The van der Waals surface area contributed by atoms with Gasteiger partial charge in [0.25, 0.3) is 5.91 Å². The first kappa shape index (κ1) is 14.6. The normalized spacial score (nSPS) is 18.3. The molecule has 6 heteroatoms. The minimum Gasteiger partial charge on any atom is -0.337 e. The van der Waals surface area contributed by atoms with Crippen LogP contribution in [-0.2, 0) is 0 Å². The van der Waals surface area contributed by atoms with Crippen molar-refractivity contribution in [1.82, 2.24) is 24.8 Å². The van der Waals surface area contributed by atoms with Gasteiger partial charge in [0.05, 0.1) is 0 Å². The molecule has 0 saturated carbocycles. The maximum Gasteiger partial charge on any atom is 0.272 e. The van der Waals surface area contributed by atoms with Gasteiger partial charge in [-0.2, -0.15) is 0 Å². The summed E-state index contributed by atoms with van der Waals surface area (Å²) in [6.07, 6.45) is 5.43. The summed E-state index contributed by atoms with van der Waals surface area (Å²) < 4.78 is 0. The summed E-state index contributed by atoms with van der Waals surface area (Å²) in [7, 11) is 0. The number of rotatable bonds is 2. The molecule has 0 aliphatic carbocycles. The fourth-order valence-corrected chi connectivity index (χ4v) is 2.84. The second-order valence-corrected chi connectivity index (χ2v) is 5.61. The molecule has 1 atom stereocenters. The SMILES string of the molecule is Cc1nccc(C(=O)N2CCCC(c3ccnc(C)n3)C2)n1. The molecule has 114 valence electrons. The molecule has 6 nitrogen and oxygen atoms in total. The molecule has 0 N–H and O–H groups in total. The smallest absolute Gasteiger partial charge is 0.272 e. The van der Waals surface area contributed by atoms with Crippen LogP contribution in [0.5, 0.6) is 0 Å². The van der Waals surface area contributed by atoms with Crippen LogP contribution in [-0.4, -0.2) is 43.8 Å². The molecule has 3 rings (SSSR count). The Bertz CT molecular complexity index is 688. The Morgan fingerprint density at radius 3 is 2.59 bits per heavy atom. The molecule has 2 aromatic heterocycles. The predicted molar refractivity (Wildman–Crippen MR) is 81.4 cm³/mol. The van der Waals surface area contributed by atoms with Gasteiger partial charge < -0.3 is 4.90 Å². The van der Waals surface area contributed by atoms with Crippen LogP contribution in [0.3, 0.4) is 0 Å². The van der Waals surface area contributed by atoms with Gasteiger partial charge in [0.15, 0.2) is 0 Å². The van der Waals surface area contributed by atoms with E-state index in [1.165, 1.54) is 0 Å². The lowest BCUT2D eigenvalue weighted by Gasteiger charge is -2.32. The van der Waals surface area contributed by atoms with Crippen LogP contribution in [0.25, 0.3) is 0 Å². The number of carbonyl (C=O) groups is 1. The molecule has 3 heterocycles. The molecule has 0 aromatic carbocycles. The van der Waals surface area contributed by atoms with Crippen molar-refractivity contribution in [3.8, 4) is 0 Å². The van der Waals surface area contributed by atoms with E-state index in [2.05, 4.69) is 19.9 Å². The number of aromatic nitrogens is 4. The minimum absolute atomic E-state index is 0.0269. The van der Waals surface area contributed by atoms with Crippen LogP contribution in [0, 0.1) is 13.8 Å². The number of amides is 1. The lowest BCUT2D eigenvalue weighted by molar-refractivity contribution is 0.0699. The van der Waals surface area contributed by atoms with Crippen molar-refractivity contribution in [3.63, 3.8) is 0 Å². The second-order valence-electron chi connectivity index (χ2n) is 5.61. The van der Waals surface area contributed by atoms with Crippen molar-refractivity contribution in [2.45, 2.75) is 32.6 Å². The third-order valence-electron chi connectivity index (χ3n) is 3.92. The third kappa shape index (κ3) is 3.10. The van der Waals surface area contributed by atoms with Crippen LogP contribution in [0.4, 0.5) is 0 Å². The molecule has 1 aliphatic heterocycles. The molecule has 1 fully saturated rings. The summed E-state index contributed by atoms with van der Waals surface area (Å²) in [5, 5.41) is 0. The fourth-order valence-electron chi connectivity index (χ4n) is 2.84. The van der Waals surface area contributed by atoms with Crippen molar-refractivity contribution < 1.29 is 4.79 Å². The Hall–Kier alpha value is -2.37. The van der Waals surface area contributed by atoms with E-state index < -0.39 is 0 Å². The predicted octanol–water partition coefficient (Wildman–Crippen LogP) is 1.90. The van der Waals surface area contributed by atoms with Gasteiger partial charge in [0.1, 0.15) is 17.3 Å². The maximum absolute atomic E-state index is 12.6. The van der Waals surface area contributed by atoms with Gasteiger partial charge in [-0.15, -0.1) is 0 Å². The highest BCUT2D eigenvalue weighted by Gasteiger charge is 2.27. The molecule has 0 bridgehead atoms. The summed E-state index contributed by atoms with van der Waals surface area (Å²) in [4.78, 5) is 31.4. The van der Waals surface area contributed by atoms with E-state index in [1.54, 1.807) is 25.4 Å². The van der Waals surface area contributed by atoms with Gasteiger partial charge in [0, 0.05) is 37.1 Å². The average Bonchev–Trinajstić information content (AvgIpc) is 2.54. The lowest BCUT2D eigenvalue weighted by Crippen LogP contribution is -2.39. The van der Waals surface area contributed by atoms with Gasteiger partial charge in [0.2, 0.25) is 0 Å². The number of aryl methyl sites for hydroxylation is 2. The molecule has 1 unspecified atom stereocenters. The Morgan fingerprint density at radius 1 is 1.14 bits per heavy atom. The summed E-state index contributed by atoms with van der Waals surface area (Å²) in [5.74, 6) is 1.63. The highest BCUT2D eigenvalue weighted by molar-refractivity contribution is 5.92. The quantitative estimate of drug-likeness (QED) is 0.846. The number of piperidine rings is 1. The molecule has 0 spiro atoms. The Labute approximate surface area is 129 Å². The summed E-state index contributed by atoms with van der Waals surface area (Å²) in [5.41, 5.74) is 1.48. The standard InChI is InChI=1S/C16H19N5O/c1-11-17-7-5-14(19-11)13-4-3-9-21(10-13)16(22)15-6-8-18-12(2)20-15/h5-8,13H,3-4,9-10H2,1-2H3. The second kappa shape index (κ2) is 6.17. The van der Waals surface area contributed by atoms with Crippen LogP contribution in [0.1, 0.15) is 46.6 Å². The van der Waals surface area contributed by atoms with E-state index in [4.69, 9.17) is 0 Å². The average molecular weight is 297 g/mol. The van der Waals surface area contributed by atoms with Crippen LogP contribution < -0.4 is 0 Å². The monoisotopic (exact) mass is 297 g/mol. The largest absolute Gasteiger partial charge is 0.337 e. The first-order valence-electron chi connectivity index (χ1n) is 7.52. The van der Waals surface area contributed by atoms with Gasteiger partial charge in [-0.25, -0.2) is 19.9 Å². The van der Waals surface area contributed by atoms with Gasteiger partial charge in [-0.3, -0.25) is 4.79 Å². The van der Waals surface area contributed by atoms with Crippen LogP contribution in [0.2, 0.25) is 0 Å². The van der Waals surface area contributed by atoms with Gasteiger partial charge >= 0.3 is 0 Å². The van der Waals surface area contributed by atoms with E-state index in [9.17, 15) is 4.79 Å². The molecule has 2 aromatic rings. The number of carbonyl (C=O) groups excluding carboxylic acids is 1. The Balaban J connectivity index is 1.77. The van der Waals surface area contributed by atoms with Crippen LogP contribution >= 0.6 is 0 Å². The molecular formula is C16H19N5O. The van der Waals surface area contributed by atoms with Crippen molar-refractivity contribution in [2.75, 3.05) is 13.1 Å². The van der Waals surface area contributed by atoms with E-state index in [0.717, 1.165) is 30.9 Å². The highest BCUT2D eigenvalue weighted by atomic mass is 16.2. The number of nitrogens with zero attached hydrogens (tertiary/aromatic N) is 5. The molecule has 22 heavy (non-hydrogen) atoms. The minimum atomic E-state index is -0.0269. The van der Waals surface area contributed by atoms with Crippen molar-refractivity contribution in [3.05, 3.63) is 47.6 Å². The highest BCUT2D eigenvalue weighted by Crippen LogP contribution is 2.26. The Morgan fingerprint density at radius 2 is 1.86 bits per heavy atom. The number of hydrogen-bond acceptors (Lipinski definition) is 5. The molecule has 1 saturated heterocycles. The zero-order valence-corrected chi connectivity index (χ0v) is 12.9. The van der Waals surface area contributed by atoms with Gasteiger partial charge in [-0.1, -0.05) is 0 Å². The molecular weight excluding hydrogens is 278 g/mol. The van der Waals surface area contributed by atoms with Crippen LogP contribution in [0.15, 0.2) is 24.5 Å². The first-order chi connectivity index (χ1) is 10.6. The van der Waals surface area contributed by atoms with Crippen molar-refractivity contribution in [2.24, 2.45) is 0 Å². The number of likely N-dealkylation sites (tertiary alicyclic amines) is 1. The van der Waals surface area contributed by atoms with Crippen molar-refractivity contribution >= 4 is 5.91 Å². The summed E-state index contributed by atoms with van der Waals surface area (Å²) in [6.45, 7) is 5.12. The fraction of sp³-hybridized carbons (Fsp3) is 0.438. The number of hydrogen-bond donors (Lipinski definition) is 0. The van der Waals surface area contributed by atoms with Gasteiger partial charge in [-0.05, 0) is 38.8 Å². The maximum atomic E-state index is 12.6. The summed E-state index contributed by atoms with van der Waals surface area (Å²) >= 11 is 0. The topological polar surface area (TPSA) is 71.9 Å². The molecule has 1 aliphatic rings. The van der Waals surface area contributed by atoms with E-state index in [-0.39, 0.29) is 11.8 Å². The third-order valence-corrected chi connectivity index (χ3v) is 3.92. The lowest BCUT2D eigenvalue weighted by atomic mass is 9.94. The first-order valence-corrected chi connectivity index (χ1v) is 7.52. The molecule has 1 amide bonds. The van der Waals surface area contributed by atoms with Crippen molar-refractivity contribution in [1.29, 1.82) is 0 Å². The van der Waals surface area contributed by atoms with E-state index >= 15 is 0 Å². The van der Waals surface area contributed by atoms with E-state index in [1.807, 2.05) is 17.9 Å². The molecule has 0 radical (unpaired) electrons. The zero-order chi connectivity index (χ0) is 15.5. The zero-order valence-electron chi connectivity index (χ0n) is 12.9. The summed E-state index contributed by atoms with van der Waals surface area (Å²) in [6, 6.07) is 3.62. The Kier molecular flexibility index (Phi) is 4.09. The van der Waals surface area contributed by atoms with E-state index in [0.29, 0.717) is 18.1 Å².